The fourth-order valence-corrected chi connectivity index (χ4v) is 5.88. The molecule has 3 aliphatic rings. The van der Waals surface area contributed by atoms with Crippen LogP contribution < -0.4 is 20.1 Å². The number of pyridine rings is 1. The molecule has 3 amide bonds. The Hall–Kier alpha value is -5.78. The van der Waals surface area contributed by atoms with Gasteiger partial charge in [-0.05, 0) is 66.1 Å². The number of carbonyl (C=O) groups is 3. The molecule has 0 spiro atoms. The van der Waals surface area contributed by atoms with Crippen LogP contribution in [0.25, 0.3) is 22.3 Å². The van der Waals surface area contributed by atoms with Crippen molar-refractivity contribution >= 4 is 28.9 Å². The van der Waals surface area contributed by atoms with Gasteiger partial charge >= 0.3 is 0 Å². The Kier molecular flexibility index (Phi) is 7.76. The molecule has 1 fully saturated rings. The first kappa shape index (κ1) is 29.9. The number of aryl methyl sites for hydroxylation is 2. The lowest BCUT2D eigenvalue weighted by molar-refractivity contribution is -0.123. The average molecular weight is 635 g/mol. The maximum absolute atomic E-state index is 15.2. The van der Waals surface area contributed by atoms with Crippen LogP contribution in [-0.2, 0) is 18.4 Å². The van der Waals surface area contributed by atoms with E-state index in [2.05, 4.69) is 20.6 Å². The molecule has 2 aromatic heterocycles. The normalized spacial score (nSPS) is 18.1. The van der Waals surface area contributed by atoms with Crippen molar-refractivity contribution in [2.75, 3.05) is 19.7 Å². The molecule has 0 radical (unpaired) electrons. The number of fused-ring (bicyclic) bond motifs is 8. The van der Waals surface area contributed by atoms with Crippen LogP contribution in [0.2, 0.25) is 0 Å². The number of ether oxygens (including phenoxy) is 2. The van der Waals surface area contributed by atoms with Crippen LogP contribution in [0.15, 0.2) is 79.0 Å². The van der Waals surface area contributed by atoms with Crippen LogP contribution in [0, 0.1) is 12.7 Å². The summed E-state index contributed by atoms with van der Waals surface area (Å²) >= 11 is 0. The van der Waals surface area contributed by atoms with E-state index in [1.54, 1.807) is 59.6 Å². The van der Waals surface area contributed by atoms with Crippen molar-refractivity contribution < 1.29 is 28.2 Å². The van der Waals surface area contributed by atoms with Gasteiger partial charge in [0.15, 0.2) is 12.3 Å². The highest BCUT2D eigenvalue weighted by Gasteiger charge is 2.39. The Labute approximate surface area is 269 Å². The zero-order valence-corrected chi connectivity index (χ0v) is 25.7. The molecule has 0 unspecified atom stereocenters. The van der Waals surface area contributed by atoms with E-state index >= 15 is 4.39 Å². The highest BCUT2D eigenvalue weighted by molar-refractivity contribution is 6.04. The SMILES string of the molecule is Cc1nc2c(C(=O)N3C[C@@H]4NC(=O)c5cc(ccc5F)-c5cccc(c5)OCC(=O)NCc5ccc(cc5)O[C@H]4C3)ccnc2n1C. The molecule has 11 nitrogen and oxygen atoms in total. The van der Waals surface area contributed by atoms with Gasteiger partial charge in [0.05, 0.1) is 23.7 Å². The second kappa shape index (κ2) is 12.2. The molecule has 3 aliphatic heterocycles. The molecular formula is C35H31FN6O5. The van der Waals surface area contributed by atoms with Crippen molar-refractivity contribution in [1.29, 1.82) is 0 Å². The van der Waals surface area contributed by atoms with E-state index in [9.17, 15) is 14.4 Å². The summed E-state index contributed by atoms with van der Waals surface area (Å²) in [4.78, 5) is 50.6. The summed E-state index contributed by atoms with van der Waals surface area (Å²) in [5.41, 5.74) is 3.42. The lowest BCUT2D eigenvalue weighted by Gasteiger charge is -2.21. The molecule has 47 heavy (non-hydrogen) atoms. The molecule has 3 aromatic carbocycles. The number of nitrogens with zero attached hydrogens (tertiary/aromatic N) is 4. The minimum atomic E-state index is -0.693. The lowest BCUT2D eigenvalue weighted by Crippen LogP contribution is -2.45. The van der Waals surface area contributed by atoms with Crippen LogP contribution >= 0.6 is 0 Å². The number of hydrogen-bond acceptors (Lipinski definition) is 7. The van der Waals surface area contributed by atoms with Crippen LogP contribution in [0.3, 0.4) is 0 Å². The topological polar surface area (TPSA) is 128 Å². The number of likely N-dealkylation sites (tertiary alicyclic amines) is 1. The molecule has 238 valence electrons. The van der Waals surface area contributed by atoms with Crippen molar-refractivity contribution in [3.63, 3.8) is 0 Å². The molecule has 8 rings (SSSR count). The van der Waals surface area contributed by atoms with Crippen LogP contribution in [0.5, 0.6) is 11.5 Å². The Morgan fingerprint density at radius 1 is 0.979 bits per heavy atom. The Balaban J connectivity index is 1.23. The van der Waals surface area contributed by atoms with Gasteiger partial charge in [-0.1, -0.05) is 30.3 Å². The third kappa shape index (κ3) is 5.97. The summed E-state index contributed by atoms with van der Waals surface area (Å²) in [7, 11) is 1.84. The minimum Gasteiger partial charge on any atom is -0.486 e. The molecule has 12 heteroatoms. The van der Waals surface area contributed by atoms with Gasteiger partial charge < -0.3 is 29.6 Å². The number of rotatable bonds is 1. The van der Waals surface area contributed by atoms with Crippen molar-refractivity contribution in [2.45, 2.75) is 25.6 Å². The number of nitrogens with one attached hydrogen (secondary N) is 2. The summed E-state index contributed by atoms with van der Waals surface area (Å²) in [5.74, 6) is -0.235. The fraction of sp³-hybridized carbons (Fsp3) is 0.229. The van der Waals surface area contributed by atoms with Gasteiger partial charge in [0.1, 0.15) is 34.8 Å². The predicted octanol–water partition coefficient (Wildman–Crippen LogP) is 3.79. The van der Waals surface area contributed by atoms with Gasteiger partial charge in [-0.3, -0.25) is 14.4 Å². The van der Waals surface area contributed by atoms with E-state index in [4.69, 9.17) is 9.47 Å². The van der Waals surface area contributed by atoms with Gasteiger partial charge in [0, 0.05) is 26.3 Å². The number of amides is 3. The van der Waals surface area contributed by atoms with Crippen LogP contribution in [-0.4, -0.2) is 69.0 Å². The summed E-state index contributed by atoms with van der Waals surface area (Å²) in [5, 5.41) is 5.78. The van der Waals surface area contributed by atoms with E-state index in [1.165, 1.54) is 12.1 Å². The number of halogens is 1. The van der Waals surface area contributed by atoms with Crippen LogP contribution in [0.1, 0.15) is 32.1 Å². The highest BCUT2D eigenvalue weighted by atomic mass is 19.1. The molecule has 0 saturated carbocycles. The molecule has 1 saturated heterocycles. The van der Waals surface area contributed by atoms with E-state index in [0.29, 0.717) is 51.7 Å². The number of carbonyl (C=O) groups excluding carboxylic acids is 3. The monoisotopic (exact) mass is 634 g/mol. The third-order valence-corrected chi connectivity index (χ3v) is 8.53. The van der Waals surface area contributed by atoms with Crippen molar-refractivity contribution in [1.82, 2.24) is 30.1 Å². The number of aromatic nitrogens is 3. The second-order valence-electron chi connectivity index (χ2n) is 11.6. The van der Waals surface area contributed by atoms with Crippen molar-refractivity contribution in [2.24, 2.45) is 7.05 Å². The maximum Gasteiger partial charge on any atom is 0.258 e. The molecule has 0 aliphatic carbocycles. The Bertz CT molecular complexity index is 2030. The average Bonchev–Trinajstić information content (AvgIpc) is 3.61. The summed E-state index contributed by atoms with van der Waals surface area (Å²) in [6, 6.07) is 19.4. The molecular weight excluding hydrogens is 603 g/mol. The first-order valence-corrected chi connectivity index (χ1v) is 15.2. The smallest absolute Gasteiger partial charge is 0.258 e. The van der Waals surface area contributed by atoms with Gasteiger partial charge in [0.25, 0.3) is 17.7 Å². The quantitative estimate of drug-likeness (QED) is 0.287. The largest absolute Gasteiger partial charge is 0.486 e. The molecule has 5 aromatic rings. The van der Waals surface area contributed by atoms with Gasteiger partial charge in [-0.2, -0.15) is 0 Å². The van der Waals surface area contributed by atoms with E-state index in [1.807, 2.05) is 30.7 Å². The zero-order valence-electron chi connectivity index (χ0n) is 25.7. The van der Waals surface area contributed by atoms with Crippen molar-refractivity contribution in [3.05, 3.63) is 107 Å². The van der Waals surface area contributed by atoms with Gasteiger partial charge in [0.2, 0.25) is 0 Å². The van der Waals surface area contributed by atoms with E-state index in [0.717, 1.165) is 5.56 Å². The third-order valence-electron chi connectivity index (χ3n) is 8.53. The van der Waals surface area contributed by atoms with Crippen LogP contribution in [0.4, 0.5) is 4.39 Å². The maximum atomic E-state index is 15.2. The zero-order chi connectivity index (χ0) is 32.7. The lowest BCUT2D eigenvalue weighted by atomic mass is 10.0. The van der Waals surface area contributed by atoms with Crippen molar-refractivity contribution in [3.8, 4) is 22.6 Å². The first-order valence-electron chi connectivity index (χ1n) is 15.2. The molecule has 2 N–H and O–H groups in total. The summed E-state index contributed by atoms with van der Waals surface area (Å²) in [6.45, 7) is 2.22. The minimum absolute atomic E-state index is 0.121. The summed E-state index contributed by atoms with van der Waals surface area (Å²) < 4.78 is 29.0. The number of imidazole rings is 1. The van der Waals surface area contributed by atoms with Gasteiger partial charge in [-0.25, -0.2) is 14.4 Å². The first-order chi connectivity index (χ1) is 22.7. The Morgan fingerprint density at radius 2 is 1.79 bits per heavy atom. The molecule has 6 bridgehead atoms. The van der Waals surface area contributed by atoms with Gasteiger partial charge in [-0.15, -0.1) is 0 Å². The predicted molar refractivity (Wildman–Crippen MR) is 170 cm³/mol. The highest BCUT2D eigenvalue weighted by Crippen LogP contribution is 2.28. The molecule has 2 atom stereocenters. The summed E-state index contributed by atoms with van der Waals surface area (Å²) in [6.07, 6.45) is 0.921. The second-order valence-corrected chi connectivity index (χ2v) is 11.6. The number of hydrogen-bond donors (Lipinski definition) is 2. The standard InChI is InChI=1S/C35H31FN6O5/c1-20-39-32-26(12-13-37-33(32)41(20)2)35(45)42-17-29-30(18-42)47-24-9-6-21(7-10-24)16-38-31(43)19-46-25-5-3-4-22(14-25)23-8-11-28(36)27(15-23)34(44)40-29/h3-15,29-30H,16-19H2,1-2H3,(H,38,43)(H,40,44)/t29-,30-/m0/s1. The Morgan fingerprint density at radius 3 is 2.62 bits per heavy atom. The van der Waals surface area contributed by atoms with E-state index < -0.39 is 23.9 Å². The molecule has 5 heterocycles. The number of benzene rings is 3. The van der Waals surface area contributed by atoms with E-state index in [-0.39, 0.29) is 37.1 Å². The fourth-order valence-electron chi connectivity index (χ4n) is 5.88.